The maximum atomic E-state index is 12.7. The minimum absolute atomic E-state index is 0.0463. The first kappa shape index (κ1) is 18.9. The molecular formula is C19H19N5O4. The molecule has 0 amide bonds. The Morgan fingerprint density at radius 3 is 2.57 bits per heavy atom. The van der Waals surface area contributed by atoms with Crippen molar-refractivity contribution in [2.75, 3.05) is 7.11 Å². The number of rotatable bonds is 6. The lowest BCUT2D eigenvalue weighted by Gasteiger charge is -2.05. The van der Waals surface area contributed by atoms with E-state index in [4.69, 9.17) is 15.9 Å². The van der Waals surface area contributed by atoms with Crippen molar-refractivity contribution in [1.29, 1.82) is 5.41 Å². The fraction of sp³-hybridized carbons (Fsp3) is 0.158. The number of nitrogens with zero attached hydrogens (tertiary/aromatic N) is 2. The van der Waals surface area contributed by atoms with Crippen molar-refractivity contribution in [3.63, 3.8) is 0 Å². The molecule has 0 radical (unpaired) electrons. The Hall–Kier alpha value is -3.88. The Balaban J connectivity index is 1.98. The molecule has 0 aliphatic heterocycles. The summed E-state index contributed by atoms with van der Waals surface area (Å²) in [4.78, 5) is 23.1. The van der Waals surface area contributed by atoms with E-state index in [0.717, 1.165) is 16.0 Å². The lowest BCUT2D eigenvalue weighted by Crippen LogP contribution is -2.31. The molecule has 0 unspecified atom stereocenters. The van der Waals surface area contributed by atoms with Crippen molar-refractivity contribution in [3.8, 4) is 17.0 Å². The first-order valence-corrected chi connectivity index (χ1v) is 8.46. The molecule has 0 saturated carbocycles. The zero-order valence-electron chi connectivity index (χ0n) is 15.1. The quantitative estimate of drug-likeness (QED) is 0.260. The summed E-state index contributed by atoms with van der Waals surface area (Å²) in [5.41, 5.74) is 7.56. The minimum Gasteiger partial charge on any atom is -0.497 e. The number of H-pyrrole nitrogens is 1. The average Bonchev–Trinajstić information content (AvgIpc) is 3.03. The zero-order valence-corrected chi connectivity index (χ0v) is 15.1. The highest BCUT2D eigenvalue weighted by atomic mass is 16.6. The molecule has 0 bridgehead atoms. The molecular weight excluding hydrogens is 362 g/mol. The van der Waals surface area contributed by atoms with E-state index in [2.05, 4.69) is 5.10 Å². The van der Waals surface area contributed by atoms with E-state index >= 15 is 0 Å². The molecule has 1 aromatic heterocycles. The van der Waals surface area contributed by atoms with Crippen LogP contribution in [0.2, 0.25) is 0 Å². The first-order valence-electron chi connectivity index (χ1n) is 8.46. The number of hydrogen-bond acceptors (Lipinski definition) is 5. The average molecular weight is 381 g/mol. The molecule has 0 fully saturated rings. The van der Waals surface area contributed by atoms with Crippen LogP contribution in [0.5, 0.6) is 5.75 Å². The molecule has 2 aromatic carbocycles. The molecule has 0 aliphatic rings. The number of nitrogens with two attached hydrogens (primary N) is 1. The van der Waals surface area contributed by atoms with E-state index in [1.807, 2.05) is 24.3 Å². The van der Waals surface area contributed by atoms with Crippen LogP contribution in [0.15, 0.2) is 53.3 Å². The number of hydrogen-bond donors (Lipinski definition) is 3. The predicted octanol–water partition coefficient (Wildman–Crippen LogP) is 2.29. The van der Waals surface area contributed by atoms with E-state index in [0.29, 0.717) is 29.7 Å². The summed E-state index contributed by atoms with van der Waals surface area (Å²) in [7, 11) is 1.59. The number of nitrogen functional groups attached to an aromatic ring is 1. The third-order valence-electron chi connectivity index (χ3n) is 4.39. The number of nitro groups is 1. The van der Waals surface area contributed by atoms with Crippen molar-refractivity contribution in [2.24, 2.45) is 5.73 Å². The topological polar surface area (TPSA) is 140 Å². The molecule has 144 valence electrons. The summed E-state index contributed by atoms with van der Waals surface area (Å²) in [6.45, 7) is 0. The van der Waals surface area contributed by atoms with E-state index < -0.39 is 16.4 Å². The first-order chi connectivity index (χ1) is 13.4. The van der Waals surface area contributed by atoms with Gasteiger partial charge in [0.2, 0.25) is 5.96 Å². The third kappa shape index (κ3) is 3.78. The molecule has 0 aliphatic carbocycles. The summed E-state index contributed by atoms with van der Waals surface area (Å²) in [6, 6.07) is 13.4. The molecule has 1 heterocycles. The number of benzene rings is 2. The molecule has 0 saturated heterocycles. The summed E-state index contributed by atoms with van der Waals surface area (Å²) in [5.74, 6) is 0.295. The Bertz CT molecular complexity index is 1080. The van der Waals surface area contributed by atoms with Crippen molar-refractivity contribution in [3.05, 3.63) is 80.1 Å². The molecule has 4 N–H and O–H groups in total. The van der Waals surface area contributed by atoms with Gasteiger partial charge in [-0.3, -0.25) is 25.4 Å². The Morgan fingerprint density at radius 2 is 1.96 bits per heavy atom. The van der Waals surface area contributed by atoms with Gasteiger partial charge in [0.05, 0.1) is 17.7 Å². The number of aryl methyl sites for hydroxylation is 1. The number of aromatic amines is 1. The van der Waals surface area contributed by atoms with Gasteiger partial charge in [0.1, 0.15) is 5.75 Å². The second kappa shape index (κ2) is 7.78. The van der Waals surface area contributed by atoms with Crippen LogP contribution in [-0.4, -0.2) is 27.8 Å². The van der Waals surface area contributed by atoms with E-state index in [-0.39, 0.29) is 5.69 Å². The monoisotopic (exact) mass is 381 g/mol. The van der Waals surface area contributed by atoms with Crippen LogP contribution in [0.1, 0.15) is 11.1 Å². The van der Waals surface area contributed by atoms with Crippen molar-refractivity contribution in [1.82, 2.24) is 9.78 Å². The molecule has 0 spiro atoms. The highest BCUT2D eigenvalue weighted by molar-refractivity contribution is 5.78. The van der Waals surface area contributed by atoms with Gasteiger partial charge in [0.25, 0.3) is 11.2 Å². The van der Waals surface area contributed by atoms with Gasteiger partial charge in [0, 0.05) is 23.3 Å². The van der Waals surface area contributed by atoms with Gasteiger partial charge in [-0.05, 0) is 42.7 Å². The highest BCUT2D eigenvalue weighted by Gasteiger charge is 2.18. The molecule has 9 nitrogen and oxygen atoms in total. The summed E-state index contributed by atoms with van der Waals surface area (Å²) < 4.78 is 6.17. The van der Waals surface area contributed by atoms with Crippen LogP contribution in [0.25, 0.3) is 11.3 Å². The number of ether oxygens (including phenoxy) is 1. The van der Waals surface area contributed by atoms with Crippen molar-refractivity contribution in [2.45, 2.75) is 12.8 Å². The second-order valence-electron chi connectivity index (χ2n) is 6.15. The summed E-state index contributed by atoms with van der Waals surface area (Å²) in [5, 5.41) is 21.3. The van der Waals surface area contributed by atoms with Crippen LogP contribution in [-0.2, 0) is 12.8 Å². The number of nitro benzene ring substituents is 1. The van der Waals surface area contributed by atoms with E-state index in [1.165, 1.54) is 12.1 Å². The summed E-state index contributed by atoms with van der Waals surface area (Å²) in [6.07, 6.45) is 0.970. The molecule has 0 atom stereocenters. The van der Waals surface area contributed by atoms with E-state index in [1.54, 1.807) is 19.2 Å². The van der Waals surface area contributed by atoms with Gasteiger partial charge in [-0.1, -0.05) is 12.1 Å². The zero-order chi connectivity index (χ0) is 20.3. The number of aromatic nitrogens is 2. The Morgan fingerprint density at radius 1 is 1.25 bits per heavy atom. The van der Waals surface area contributed by atoms with Gasteiger partial charge in [0.15, 0.2) is 0 Å². The normalized spacial score (nSPS) is 10.6. The van der Waals surface area contributed by atoms with Crippen LogP contribution in [0.3, 0.4) is 0 Å². The van der Waals surface area contributed by atoms with Gasteiger partial charge < -0.3 is 10.5 Å². The highest BCUT2D eigenvalue weighted by Crippen LogP contribution is 2.24. The van der Waals surface area contributed by atoms with Gasteiger partial charge in [-0.15, -0.1) is 0 Å². The SMILES string of the molecule is COc1cccc(CCc2c(-c3ccc([N+](=O)[O-])cc3)[nH]n(C(=N)N)c2=O)c1. The number of methoxy groups -OCH3 is 1. The second-order valence-corrected chi connectivity index (χ2v) is 6.15. The standard InChI is InChI=1S/C19H19N5O4/c1-28-15-4-2-3-12(11-15)5-10-16-17(22-23(18(16)25)19(20)21)13-6-8-14(9-7-13)24(26)27/h2-4,6-9,11,22H,5,10H2,1H3,(H3,20,21). The van der Waals surface area contributed by atoms with Crippen LogP contribution >= 0.6 is 0 Å². The fourth-order valence-electron chi connectivity index (χ4n) is 2.96. The molecule has 9 heteroatoms. The van der Waals surface area contributed by atoms with Crippen molar-refractivity contribution >= 4 is 11.6 Å². The maximum absolute atomic E-state index is 12.7. The maximum Gasteiger partial charge on any atom is 0.277 e. The van der Waals surface area contributed by atoms with E-state index in [9.17, 15) is 14.9 Å². The molecule has 3 aromatic rings. The smallest absolute Gasteiger partial charge is 0.277 e. The van der Waals surface area contributed by atoms with Crippen molar-refractivity contribution < 1.29 is 9.66 Å². The lowest BCUT2D eigenvalue weighted by atomic mass is 10.0. The van der Waals surface area contributed by atoms with Gasteiger partial charge in [-0.2, -0.15) is 4.68 Å². The van der Waals surface area contributed by atoms with Crippen LogP contribution in [0.4, 0.5) is 5.69 Å². The van der Waals surface area contributed by atoms with Crippen LogP contribution in [0, 0.1) is 15.5 Å². The minimum atomic E-state index is -0.489. The number of nitrogens with one attached hydrogen (secondary N) is 2. The summed E-state index contributed by atoms with van der Waals surface area (Å²) >= 11 is 0. The largest absolute Gasteiger partial charge is 0.497 e. The molecule has 3 rings (SSSR count). The van der Waals surface area contributed by atoms with Crippen LogP contribution < -0.4 is 16.0 Å². The third-order valence-corrected chi connectivity index (χ3v) is 4.39. The Labute approximate surface area is 160 Å². The van der Waals surface area contributed by atoms with Gasteiger partial charge >= 0.3 is 0 Å². The number of non-ortho nitro benzene ring substituents is 1. The molecule has 28 heavy (non-hydrogen) atoms. The fourth-order valence-corrected chi connectivity index (χ4v) is 2.96. The van der Waals surface area contributed by atoms with Gasteiger partial charge in [-0.25, -0.2) is 0 Å². The Kier molecular flexibility index (Phi) is 5.25. The predicted molar refractivity (Wildman–Crippen MR) is 105 cm³/mol. The lowest BCUT2D eigenvalue weighted by molar-refractivity contribution is -0.384.